The molecular weight excluding hydrogens is 447 g/mol. The summed E-state index contributed by atoms with van der Waals surface area (Å²) in [5.41, 5.74) is 3.37. The first-order valence-corrected chi connectivity index (χ1v) is 10.5. The summed E-state index contributed by atoms with van der Waals surface area (Å²) >= 11 is 12.3. The van der Waals surface area contributed by atoms with Gasteiger partial charge in [0.05, 0.1) is 10.0 Å². The average Bonchev–Trinajstić information content (AvgIpc) is 3.27. The molecule has 160 valence electrons. The zero-order valence-electron chi connectivity index (χ0n) is 17.0. The number of hydrogen-bond donors (Lipinski definition) is 2. The number of halogens is 2. The second-order valence-corrected chi connectivity index (χ2v) is 7.91. The molecule has 0 spiro atoms. The van der Waals surface area contributed by atoms with Gasteiger partial charge in [-0.25, -0.2) is 0 Å². The maximum atomic E-state index is 12.6. The Hall–Kier alpha value is -3.54. The fourth-order valence-corrected chi connectivity index (χ4v) is 3.51. The molecule has 5 nitrogen and oxygen atoms in total. The second-order valence-electron chi connectivity index (χ2n) is 7.12. The standard InChI is InChI=1S/C25H18Cl2N2O3/c1-15-4-2-5-16(14-15)24(30)28-17-8-10-18(11-9-17)29-25(31)22-13-12-21(32-22)19-6-3-7-20(26)23(19)27/h2-14H,1H3,(H,28,30)(H,29,31). The highest BCUT2D eigenvalue weighted by Gasteiger charge is 2.15. The first kappa shape index (κ1) is 21.7. The van der Waals surface area contributed by atoms with Crippen molar-refractivity contribution in [1.82, 2.24) is 0 Å². The van der Waals surface area contributed by atoms with Crippen molar-refractivity contribution in [3.63, 3.8) is 0 Å². The lowest BCUT2D eigenvalue weighted by Gasteiger charge is -2.08. The molecule has 0 saturated carbocycles. The normalized spacial score (nSPS) is 10.6. The van der Waals surface area contributed by atoms with Crippen LogP contribution in [0.2, 0.25) is 10.0 Å². The van der Waals surface area contributed by atoms with E-state index in [0.29, 0.717) is 38.3 Å². The smallest absolute Gasteiger partial charge is 0.291 e. The van der Waals surface area contributed by atoms with Crippen LogP contribution in [-0.2, 0) is 0 Å². The van der Waals surface area contributed by atoms with Crippen LogP contribution < -0.4 is 10.6 Å². The summed E-state index contributed by atoms with van der Waals surface area (Å²) < 4.78 is 5.66. The van der Waals surface area contributed by atoms with Crippen LogP contribution >= 0.6 is 23.2 Å². The minimum absolute atomic E-state index is 0.132. The molecule has 7 heteroatoms. The van der Waals surface area contributed by atoms with Crippen LogP contribution in [0.3, 0.4) is 0 Å². The molecule has 0 aliphatic heterocycles. The molecule has 0 radical (unpaired) electrons. The van der Waals surface area contributed by atoms with Crippen LogP contribution in [0.5, 0.6) is 0 Å². The summed E-state index contributed by atoms with van der Waals surface area (Å²) in [6, 6.07) is 22.6. The molecule has 1 aromatic heterocycles. The number of rotatable bonds is 5. The SMILES string of the molecule is Cc1cccc(C(=O)Nc2ccc(NC(=O)c3ccc(-c4cccc(Cl)c4Cl)o3)cc2)c1. The van der Waals surface area contributed by atoms with Crippen LogP contribution in [0, 0.1) is 6.92 Å². The van der Waals surface area contributed by atoms with E-state index < -0.39 is 5.91 Å². The second kappa shape index (κ2) is 9.30. The van der Waals surface area contributed by atoms with Crippen molar-refractivity contribution in [2.45, 2.75) is 6.92 Å². The summed E-state index contributed by atoms with van der Waals surface area (Å²) in [5, 5.41) is 6.36. The highest BCUT2D eigenvalue weighted by molar-refractivity contribution is 6.43. The molecule has 2 amide bonds. The van der Waals surface area contributed by atoms with Crippen LogP contribution in [0.25, 0.3) is 11.3 Å². The predicted molar refractivity (Wildman–Crippen MR) is 128 cm³/mol. The highest BCUT2D eigenvalue weighted by atomic mass is 35.5. The third-order valence-electron chi connectivity index (χ3n) is 4.73. The van der Waals surface area contributed by atoms with E-state index in [1.807, 2.05) is 25.1 Å². The third kappa shape index (κ3) is 4.85. The predicted octanol–water partition coefficient (Wildman–Crippen LogP) is 7.07. The van der Waals surface area contributed by atoms with Gasteiger partial charge < -0.3 is 15.1 Å². The molecule has 0 unspecified atom stereocenters. The van der Waals surface area contributed by atoms with Crippen LogP contribution in [0.15, 0.2) is 83.3 Å². The Morgan fingerprint density at radius 3 is 2.12 bits per heavy atom. The van der Waals surface area contributed by atoms with Crippen molar-refractivity contribution in [2.75, 3.05) is 10.6 Å². The van der Waals surface area contributed by atoms with E-state index in [-0.39, 0.29) is 11.7 Å². The lowest BCUT2D eigenvalue weighted by molar-refractivity contribution is 0.0995. The number of aryl methyl sites for hydroxylation is 1. The fraction of sp³-hybridized carbons (Fsp3) is 0.0400. The van der Waals surface area contributed by atoms with Crippen LogP contribution in [0.1, 0.15) is 26.5 Å². The Kier molecular flexibility index (Phi) is 6.30. The quantitative estimate of drug-likeness (QED) is 0.331. The van der Waals surface area contributed by atoms with Gasteiger partial charge in [-0.15, -0.1) is 0 Å². The first-order valence-electron chi connectivity index (χ1n) is 9.74. The number of nitrogens with one attached hydrogen (secondary N) is 2. The van der Waals surface area contributed by atoms with Gasteiger partial charge >= 0.3 is 0 Å². The molecule has 0 aliphatic carbocycles. The zero-order chi connectivity index (χ0) is 22.7. The summed E-state index contributed by atoms with van der Waals surface area (Å²) in [5.74, 6) is -0.0380. The van der Waals surface area contributed by atoms with Crippen molar-refractivity contribution in [3.05, 3.63) is 106 Å². The monoisotopic (exact) mass is 464 g/mol. The number of hydrogen-bond acceptors (Lipinski definition) is 3. The Balaban J connectivity index is 1.41. The van der Waals surface area contributed by atoms with E-state index in [2.05, 4.69) is 10.6 Å². The van der Waals surface area contributed by atoms with Crippen molar-refractivity contribution < 1.29 is 14.0 Å². The molecule has 0 aliphatic rings. The summed E-state index contributed by atoms with van der Waals surface area (Å²) in [6.45, 7) is 1.93. The lowest BCUT2D eigenvalue weighted by Crippen LogP contribution is -2.13. The van der Waals surface area contributed by atoms with E-state index in [9.17, 15) is 9.59 Å². The minimum Gasteiger partial charge on any atom is -0.451 e. The number of benzene rings is 3. The molecule has 4 aromatic rings. The number of furan rings is 1. The maximum Gasteiger partial charge on any atom is 0.291 e. The molecule has 0 fully saturated rings. The van der Waals surface area contributed by atoms with E-state index in [0.717, 1.165) is 5.56 Å². The van der Waals surface area contributed by atoms with Gasteiger partial charge in [-0.1, -0.05) is 47.0 Å². The van der Waals surface area contributed by atoms with Gasteiger partial charge in [0, 0.05) is 22.5 Å². The number of amides is 2. The topological polar surface area (TPSA) is 71.3 Å². The molecule has 0 saturated heterocycles. The fourth-order valence-electron chi connectivity index (χ4n) is 3.12. The van der Waals surface area contributed by atoms with E-state index in [4.69, 9.17) is 27.6 Å². The van der Waals surface area contributed by atoms with Crippen molar-refractivity contribution in [2.24, 2.45) is 0 Å². The van der Waals surface area contributed by atoms with Crippen LogP contribution in [-0.4, -0.2) is 11.8 Å². The molecule has 1 heterocycles. The molecular formula is C25H18Cl2N2O3. The molecule has 2 N–H and O–H groups in total. The summed E-state index contributed by atoms with van der Waals surface area (Å²) in [6.07, 6.45) is 0. The number of carbonyl (C=O) groups is 2. The van der Waals surface area contributed by atoms with E-state index in [1.165, 1.54) is 0 Å². The van der Waals surface area contributed by atoms with Crippen molar-refractivity contribution in [3.8, 4) is 11.3 Å². The zero-order valence-corrected chi connectivity index (χ0v) is 18.5. The van der Waals surface area contributed by atoms with Gasteiger partial charge in [-0.05, 0) is 67.6 Å². The maximum absolute atomic E-state index is 12.6. The van der Waals surface area contributed by atoms with Gasteiger partial charge in [0.15, 0.2) is 5.76 Å². The molecule has 4 rings (SSSR count). The Morgan fingerprint density at radius 1 is 0.781 bits per heavy atom. The van der Waals surface area contributed by atoms with Crippen molar-refractivity contribution in [1.29, 1.82) is 0 Å². The molecule has 32 heavy (non-hydrogen) atoms. The van der Waals surface area contributed by atoms with Crippen molar-refractivity contribution >= 4 is 46.4 Å². The molecule has 3 aromatic carbocycles. The molecule has 0 atom stereocenters. The minimum atomic E-state index is -0.411. The number of anilines is 2. The summed E-state index contributed by atoms with van der Waals surface area (Å²) in [4.78, 5) is 24.9. The number of carbonyl (C=O) groups excluding carboxylic acids is 2. The van der Waals surface area contributed by atoms with E-state index >= 15 is 0 Å². The van der Waals surface area contributed by atoms with Crippen LogP contribution in [0.4, 0.5) is 11.4 Å². The Labute approximate surface area is 195 Å². The first-order chi connectivity index (χ1) is 15.4. The lowest BCUT2D eigenvalue weighted by atomic mass is 10.1. The molecule has 0 bridgehead atoms. The summed E-state index contributed by atoms with van der Waals surface area (Å²) in [7, 11) is 0. The largest absolute Gasteiger partial charge is 0.451 e. The highest BCUT2D eigenvalue weighted by Crippen LogP contribution is 2.34. The van der Waals surface area contributed by atoms with Gasteiger partial charge in [-0.2, -0.15) is 0 Å². The average molecular weight is 465 g/mol. The third-order valence-corrected chi connectivity index (χ3v) is 5.55. The van der Waals surface area contributed by atoms with Gasteiger partial charge in [0.25, 0.3) is 11.8 Å². The Morgan fingerprint density at radius 2 is 1.44 bits per heavy atom. The van der Waals surface area contributed by atoms with Gasteiger partial charge in [0.2, 0.25) is 0 Å². The van der Waals surface area contributed by atoms with E-state index in [1.54, 1.807) is 60.7 Å². The Bertz CT molecular complexity index is 1300. The van der Waals surface area contributed by atoms with Gasteiger partial charge in [-0.3, -0.25) is 9.59 Å². The van der Waals surface area contributed by atoms with Gasteiger partial charge in [0.1, 0.15) is 5.76 Å².